The van der Waals surface area contributed by atoms with Crippen LogP contribution in [0.15, 0.2) is 4.90 Å². The highest BCUT2D eigenvalue weighted by Gasteiger charge is 2.53. The largest absolute Gasteiger partial charge is 0.286 e. The molecular formula is C21H30N4O2S. The maximum absolute atomic E-state index is 13.5. The second-order valence-corrected chi connectivity index (χ2v) is 11.4. The summed E-state index contributed by atoms with van der Waals surface area (Å²) in [4.78, 5) is 0.290. The van der Waals surface area contributed by atoms with E-state index in [4.69, 9.17) is 0 Å². The lowest BCUT2D eigenvalue weighted by atomic mass is 9.48. The predicted octanol–water partition coefficient (Wildman–Crippen LogP) is 3.56. The maximum atomic E-state index is 13.5. The van der Waals surface area contributed by atoms with E-state index in [1.807, 2.05) is 13.8 Å². The van der Waals surface area contributed by atoms with Gasteiger partial charge in [-0.05, 0) is 89.4 Å². The van der Waals surface area contributed by atoms with Crippen LogP contribution in [0.1, 0.15) is 66.9 Å². The van der Waals surface area contributed by atoms with Gasteiger partial charge >= 0.3 is 0 Å². The van der Waals surface area contributed by atoms with E-state index >= 15 is 0 Å². The van der Waals surface area contributed by atoms with Crippen molar-refractivity contribution in [2.24, 2.45) is 24.8 Å². The van der Waals surface area contributed by atoms with Crippen molar-refractivity contribution in [2.45, 2.75) is 76.5 Å². The molecule has 2 heterocycles. The normalized spacial score (nSPS) is 31.7. The van der Waals surface area contributed by atoms with Crippen molar-refractivity contribution < 1.29 is 8.42 Å². The first-order chi connectivity index (χ1) is 13.1. The Morgan fingerprint density at radius 1 is 0.857 bits per heavy atom. The molecule has 4 aliphatic carbocycles. The number of aromatic nitrogens is 4. The zero-order chi connectivity index (χ0) is 20.0. The van der Waals surface area contributed by atoms with Crippen LogP contribution in [-0.2, 0) is 22.5 Å². The Balaban J connectivity index is 1.65. The smallest absolute Gasteiger partial charge is 0.271 e. The Morgan fingerprint density at radius 3 is 1.86 bits per heavy atom. The third-order valence-electron chi connectivity index (χ3n) is 7.75. The van der Waals surface area contributed by atoms with Crippen LogP contribution in [-0.4, -0.2) is 27.4 Å². The molecule has 6 rings (SSSR count). The molecule has 6 nitrogen and oxygen atoms in total. The third kappa shape index (κ3) is 2.34. The summed E-state index contributed by atoms with van der Waals surface area (Å²) in [6, 6.07) is 0. The maximum Gasteiger partial charge on any atom is 0.286 e. The van der Waals surface area contributed by atoms with Crippen LogP contribution in [0.2, 0.25) is 0 Å². The van der Waals surface area contributed by atoms with Gasteiger partial charge in [-0.15, -0.1) is 0 Å². The number of hydrogen-bond acceptors (Lipinski definition) is 4. The second-order valence-electron chi connectivity index (χ2n) is 9.72. The molecule has 0 radical (unpaired) electrons. The van der Waals surface area contributed by atoms with E-state index in [2.05, 4.69) is 10.2 Å². The van der Waals surface area contributed by atoms with Gasteiger partial charge in [0.25, 0.3) is 10.0 Å². The van der Waals surface area contributed by atoms with Gasteiger partial charge in [0.05, 0.1) is 22.8 Å². The van der Waals surface area contributed by atoms with Gasteiger partial charge in [-0.2, -0.15) is 22.7 Å². The first-order valence-corrected chi connectivity index (χ1v) is 11.9. The fourth-order valence-corrected chi connectivity index (χ4v) is 9.03. The van der Waals surface area contributed by atoms with Crippen molar-refractivity contribution in [2.75, 3.05) is 0 Å². The predicted molar refractivity (Wildman–Crippen MR) is 107 cm³/mol. The van der Waals surface area contributed by atoms with Crippen LogP contribution >= 0.6 is 0 Å². The van der Waals surface area contributed by atoms with Gasteiger partial charge in [-0.25, -0.2) is 0 Å². The minimum absolute atomic E-state index is 0.135. The highest BCUT2D eigenvalue weighted by atomic mass is 32.2. The number of rotatable bonds is 3. The molecule has 4 bridgehead atoms. The van der Waals surface area contributed by atoms with Crippen molar-refractivity contribution in [1.29, 1.82) is 0 Å². The van der Waals surface area contributed by atoms with E-state index in [0.717, 1.165) is 29.1 Å². The van der Waals surface area contributed by atoms with E-state index in [9.17, 15) is 8.42 Å². The molecule has 0 aliphatic heterocycles. The van der Waals surface area contributed by atoms with Gasteiger partial charge < -0.3 is 0 Å². The SMILES string of the molecule is Cc1nn(S(=O)(=O)c2c(C)nn(C)c2C)c(C)c1C12CC3CC(CC(C3)C1)C2. The Labute approximate surface area is 167 Å². The Kier molecular flexibility index (Phi) is 3.75. The molecule has 4 fully saturated rings. The molecule has 28 heavy (non-hydrogen) atoms. The molecule has 0 saturated heterocycles. The third-order valence-corrected chi connectivity index (χ3v) is 9.67. The molecule has 0 N–H and O–H groups in total. The molecule has 152 valence electrons. The van der Waals surface area contributed by atoms with Gasteiger partial charge in [-0.3, -0.25) is 4.68 Å². The average molecular weight is 403 g/mol. The van der Waals surface area contributed by atoms with Gasteiger partial charge in [0.1, 0.15) is 4.90 Å². The lowest BCUT2D eigenvalue weighted by Crippen LogP contribution is -2.49. The van der Waals surface area contributed by atoms with Gasteiger partial charge in [0.15, 0.2) is 0 Å². The summed E-state index contributed by atoms with van der Waals surface area (Å²) in [6.45, 7) is 7.51. The van der Waals surface area contributed by atoms with Gasteiger partial charge in [-0.1, -0.05) is 0 Å². The van der Waals surface area contributed by atoms with E-state index in [1.54, 1.807) is 25.6 Å². The van der Waals surface area contributed by atoms with Crippen molar-refractivity contribution in [1.82, 2.24) is 19.0 Å². The standard InChI is InChI=1S/C21H30N4O2S/c1-12-19(21-9-16-6-17(10-21)8-18(7-16)11-21)14(3)25(23-12)28(26,27)20-13(2)22-24(5)15(20)4/h16-18H,6-11H2,1-5H3. The molecule has 0 atom stereocenters. The molecule has 0 amide bonds. The molecule has 4 aliphatic rings. The molecule has 2 aromatic rings. The zero-order valence-electron chi connectivity index (χ0n) is 17.5. The monoisotopic (exact) mass is 402 g/mol. The van der Waals surface area contributed by atoms with Crippen LogP contribution in [0.3, 0.4) is 0 Å². The van der Waals surface area contributed by atoms with Gasteiger partial charge in [0.2, 0.25) is 0 Å². The Hall–Kier alpha value is -1.63. The fraction of sp³-hybridized carbons (Fsp3) is 0.714. The lowest BCUT2D eigenvalue weighted by Gasteiger charge is -2.57. The van der Waals surface area contributed by atoms with Crippen molar-refractivity contribution in [3.63, 3.8) is 0 Å². The summed E-state index contributed by atoms with van der Waals surface area (Å²) in [5.74, 6) is 2.44. The second kappa shape index (κ2) is 5.71. The minimum Gasteiger partial charge on any atom is -0.271 e. The first kappa shape index (κ1) is 18.4. The molecular weight excluding hydrogens is 372 g/mol. The molecule has 0 aromatic carbocycles. The summed E-state index contributed by atoms with van der Waals surface area (Å²) in [5.41, 5.74) is 4.24. The van der Waals surface area contributed by atoms with Crippen molar-refractivity contribution in [3.05, 3.63) is 28.3 Å². The highest BCUT2D eigenvalue weighted by molar-refractivity contribution is 7.90. The van der Waals surface area contributed by atoms with E-state index < -0.39 is 10.0 Å². The number of hydrogen-bond donors (Lipinski definition) is 0. The van der Waals surface area contributed by atoms with Crippen LogP contribution in [0.25, 0.3) is 0 Å². The average Bonchev–Trinajstić information content (AvgIpc) is 3.02. The minimum atomic E-state index is -3.76. The summed E-state index contributed by atoms with van der Waals surface area (Å²) >= 11 is 0. The summed E-state index contributed by atoms with van der Waals surface area (Å²) in [5, 5.41) is 8.91. The summed E-state index contributed by atoms with van der Waals surface area (Å²) in [7, 11) is -1.98. The lowest BCUT2D eigenvalue weighted by molar-refractivity contribution is -0.00574. The number of nitrogens with zero attached hydrogens (tertiary/aromatic N) is 4. The van der Waals surface area contributed by atoms with E-state index in [0.29, 0.717) is 11.4 Å². The van der Waals surface area contributed by atoms with Gasteiger partial charge in [0, 0.05) is 12.6 Å². The molecule has 0 spiro atoms. The van der Waals surface area contributed by atoms with Crippen LogP contribution < -0.4 is 0 Å². The van der Waals surface area contributed by atoms with E-state index in [1.165, 1.54) is 48.2 Å². The van der Waals surface area contributed by atoms with Crippen molar-refractivity contribution >= 4 is 10.0 Å². The first-order valence-electron chi connectivity index (χ1n) is 10.4. The zero-order valence-corrected chi connectivity index (χ0v) is 18.3. The highest BCUT2D eigenvalue weighted by Crippen LogP contribution is 2.61. The van der Waals surface area contributed by atoms with E-state index in [-0.39, 0.29) is 10.3 Å². The molecule has 0 unspecified atom stereocenters. The topological polar surface area (TPSA) is 69.8 Å². The Bertz CT molecular complexity index is 1040. The number of aryl methyl sites for hydroxylation is 3. The Morgan fingerprint density at radius 2 is 1.39 bits per heavy atom. The quantitative estimate of drug-likeness (QED) is 0.787. The summed E-state index contributed by atoms with van der Waals surface area (Å²) in [6.07, 6.45) is 7.74. The molecule has 2 aromatic heterocycles. The summed E-state index contributed by atoms with van der Waals surface area (Å²) < 4.78 is 30.0. The van der Waals surface area contributed by atoms with Crippen LogP contribution in [0.4, 0.5) is 0 Å². The molecule has 4 saturated carbocycles. The molecule has 7 heteroatoms. The van der Waals surface area contributed by atoms with Crippen molar-refractivity contribution in [3.8, 4) is 0 Å². The van der Waals surface area contributed by atoms with Crippen LogP contribution in [0.5, 0.6) is 0 Å². The van der Waals surface area contributed by atoms with Crippen LogP contribution in [0, 0.1) is 45.4 Å². The fourth-order valence-electron chi connectivity index (χ4n) is 7.25.